The zero-order chi connectivity index (χ0) is 11.8. The molecule has 88 valence electrons. The molecule has 0 aromatic carbocycles. The van der Waals surface area contributed by atoms with Crippen LogP contribution in [0.1, 0.15) is 61.3 Å². The van der Waals surface area contributed by atoms with Crippen LogP contribution in [0, 0.1) is 11.3 Å². The van der Waals surface area contributed by atoms with E-state index >= 15 is 0 Å². The number of pyridine rings is 1. The van der Waals surface area contributed by atoms with Crippen LogP contribution in [0.15, 0.2) is 6.07 Å². The summed E-state index contributed by atoms with van der Waals surface area (Å²) in [7, 11) is 0. The first-order chi connectivity index (χ1) is 8.33. The smallest absolute Gasteiger partial charge is 0.144 e. The van der Waals surface area contributed by atoms with Gasteiger partial charge in [-0.1, -0.05) is 6.92 Å². The third-order valence-electron chi connectivity index (χ3n) is 4.01. The number of aromatic nitrogens is 1. The molecule has 0 aliphatic heterocycles. The Labute approximate surface area is 102 Å². The molecular formula is C14H17N3. The number of rotatable bonds is 3. The van der Waals surface area contributed by atoms with Gasteiger partial charge in [0, 0.05) is 18.2 Å². The molecule has 0 amide bonds. The van der Waals surface area contributed by atoms with Gasteiger partial charge in [-0.3, -0.25) is 0 Å². The SMILES string of the molecule is CCCNc1nc2c(cc1C#N)C1CCC2C1. The van der Waals surface area contributed by atoms with Gasteiger partial charge in [0.15, 0.2) is 0 Å². The minimum Gasteiger partial charge on any atom is -0.369 e. The minimum atomic E-state index is 0.657. The highest BCUT2D eigenvalue weighted by Crippen LogP contribution is 2.52. The van der Waals surface area contributed by atoms with Gasteiger partial charge in [0.1, 0.15) is 11.9 Å². The molecule has 3 rings (SSSR count). The van der Waals surface area contributed by atoms with Gasteiger partial charge in [-0.25, -0.2) is 4.98 Å². The fraction of sp³-hybridized carbons (Fsp3) is 0.571. The van der Waals surface area contributed by atoms with E-state index in [1.807, 2.05) is 0 Å². The van der Waals surface area contributed by atoms with Crippen LogP contribution in [0.4, 0.5) is 5.82 Å². The van der Waals surface area contributed by atoms with Gasteiger partial charge in [0.2, 0.25) is 0 Å². The van der Waals surface area contributed by atoms with Crippen LogP contribution in [0.5, 0.6) is 0 Å². The predicted octanol–water partition coefficient (Wildman–Crippen LogP) is 3.14. The molecule has 1 N–H and O–H groups in total. The summed E-state index contributed by atoms with van der Waals surface area (Å²) in [5.41, 5.74) is 3.32. The van der Waals surface area contributed by atoms with E-state index in [4.69, 9.17) is 4.98 Å². The summed E-state index contributed by atoms with van der Waals surface area (Å²) < 4.78 is 0. The molecule has 2 unspecified atom stereocenters. The van der Waals surface area contributed by atoms with E-state index in [0.717, 1.165) is 18.8 Å². The van der Waals surface area contributed by atoms with Crippen molar-refractivity contribution in [1.82, 2.24) is 4.98 Å². The molecule has 0 spiro atoms. The number of nitrogens with zero attached hydrogens (tertiary/aromatic N) is 2. The highest BCUT2D eigenvalue weighted by Gasteiger charge is 2.38. The Balaban J connectivity index is 2.01. The van der Waals surface area contributed by atoms with Gasteiger partial charge in [-0.05, 0) is 43.2 Å². The lowest BCUT2D eigenvalue weighted by Gasteiger charge is -2.16. The number of anilines is 1. The molecule has 1 fully saturated rings. The molecular weight excluding hydrogens is 210 g/mol. The summed E-state index contributed by atoms with van der Waals surface area (Å²) in [5.74, 6) is 2.13. The molecule has 2 aliphatic carbocycles. The summed E-state index contributed by atoms with van der Waals surface area (Å²) in [6, 6.07) is 4.34. The lowest BCUT2D eigenvalue weighted by molar-refractivity contribution is 0.697. The highest BCUT2D eigenvalue weighted by atomic mass is 15.0. The summed E-state index contributed by atoms with van der Waals surface area (Å²) in [6.45, 7) is 3.00. The zero-order valence-electron chi connectivity index (χ0n) is 10.2. The third-order valence-corrected chi connectivity index (χ3v) is 4.01. The molecule has 2 atom stereocenters. The highest BCUT2D eigenvalue weighted by molar-refractivity contribution is 5.56. The Bertz CT molecular complexity index is 487. The number of hydrogen-bond acceptors (Lipinski definition) is 3. The number of fused-ring (bicyclic) bond motifs is 5. The standard InChI is InChI=1S/C14H17N3/c1-2-5-16-14-11(8-15)7-12-9-3-4-10(6-9)13(12)17-14/h7,9-10H,2-6H2,1H3,(H,16,17). The van der Waals surface area contributed by atoms with Crippen molar-refractivity contribution >= 4 is 5.82 Å². The average molecular weight is 227 g/mol. The van der Waals surface area contributed by atoms with Crippen molar-refractivity contribution in [2.75, 3.05) is 11.9 Å². The molecule has 0 radical (unpaired) electrons. The van der Waals surface area contributed by atoms with E-state index in [2.05, 4.69) is 24.4 Å². The lowest BCUT2D eigenvalue weighted by atomic mass is 9.95. The lowest BCUT2D eigenvalue weighted by Crippen LogP contribution is -2.09. The van der Waals surface area contributed by atoms with Crippen molar-refractivity contribution in [2.24, 2.45) is 0 Å². The largest absolute Gasteiger partial charge is 0.369 e. The molecule has 1 saturated carbocycles. The van der Waals surface area contributed by atoms with Crippen molar-refractivity contribution in [3.8, 4) is 6.07 Å². The monoisotopic (exact) mass is 227 g/mol. The average Bonchev–Trinajstić information content (AvgIpc) is 2.96. The molecule has 1 aromatic heterocycles. The summed E-state index contributed by atoms with van der Waals surface area (Å²) in [6.07, 6.45) is 4.87. The van der Waals surface area contributed by atoms with Gasteiger partial charge >= 0.3 is 0 Å². The Kier molecular flexibility index (Phi) is 2.51. The molecule has 3 heteroatoms. The van der Waals surface area contributed by atoms with Crippen molar-refractivity contribution in [2.45, 2.75) is 44.4 Å². The van der Waals surface area contributed by atoms with Gasteiger partial charge in [0.25, 0.3) is 0 Å². The number of nitrogens with one attached hydrogen (secondary N) is 1. The van der Waals surface area contributed by atoms with Gasteiger partial charge in [0.05, 0.1) is 5.56 Å². The molecule has 17 heavy (non-hydrogen) atoms. The summed E-state index contributed by atoms with van der Waals surface area (Å²) >= 11 is 0. The minimum absolute atomic E-state index is 0.657. The fourth-order valence-electron chi connectivity index (χ4n) is 3.17. The van der Waals surface area contributed by atoms with Gasteiger partial charge < -0.3 is 5.32 Å². The molecule has 0 saturated heterocycles. The van der Waals surface area contributed by atoms with E-state index < -0.39 is 0 Å². The van der Waals surface area contributed by atoms with Crippen LogP contribution >= 0.6 is 0 Å². The number of nitriles is 1. The maximum Gasteiger partial charge on any atom is 0.144 e. The van der Waals surface area contributed by atoms with Crippen LogP contribution in [0.3, 0.4) is 0 Å². The van der Waals surface area contributed by atoms with E-state index in [1.165, 1.54) is 30.5 Å². The Morgan fingerprint density at radius 1 is 1.47 bits per heavy atom. The zero-order valence-corrected chi connectivity index (χ0v) is 10.2. The van der Waals surface area contributed by atoms with Gasteiger partial charge in [-0.2, -0.15) is 5.26 Å². The van der Waals surface area contributed by atoms with Crippen LogP contribution < -0.4 is 5.32 Å². The quantitative estimate of drug-likeness (QED) is 0.863. The third kappa shape index (κ3) is 1.59. The first-order valence-corrected chi connectivity index (χ1v) is 6.52. The second-order valence-electron chi connectivity index (χ2n) is 5.10. The topological polar surface area (TPSA) is 48.7 Å². The van der Waals surface area contributed by atoms with E-state index in [9.17, 15) is 5.26 Å². The van der Waals surface area contributed by atoms with E-state index in [1.54, 1.807) is 0 Å². The Hall–Kier alpha value is -1.56. The van der Waals surface area contributed by atoms with Crippen LogP contribution in [0.25, 0.3) is 0 Å². The van der Waals surface area contributed by atoms with Crippen molar-refractivity contribution in [3.05, 3.63) is 22.9 Å². The summed E-state index contributed by atoms with van der Waals surface area (Å²) in [5, 5.41) is 12.5. The maximum atomic E-state index is 9.19. The molecule has 1 heterocycles. The second-order valence-corrected chi connectivity index (χ2v) is 5.10. The second kappa shape index (κ2) is 4.03. The molecule has 2 aliphatic rings. The van der Waals surface area contributed by atoms with Crippen molar-refractivity contribution < 1.29 is 0 Å². The van der Waals surface area contributed by atoms with E-state index in [0.29, 0.717) is 17.4 Å². The molecule has 3 nitrogen and oxygen atoms in total. The van der Waals surface area contributed by atoms with Crippen LogP contribution in [0.2, 0.25) is 0 Å². The normalized spacial score (nSPS) is 24.5. The predicted molar refractivity (Wildman–Crippen MR) is 67.1 cm³/mol. The van der Waals surface area contributed by atoms with Crippen LogP contribution in [-0.4, -0.2) is 11.5 Å². The molecule has 2 bridgehead atoms. The molecule has 1 aromatic rings. The first kappa shape index (κ1) is 10.6. The Morgan fingerprint density at radius 3 is 3.06 bits per heavy atom. The summed E-state index contributed by atoms with van der Waals surface area (Å²) in [4.78, 5) is 4.71. The van der Waals surface area contributed by atoms with Crippen LogP contribution in [-0.2, 0) is 0 Å². The first-order valence-electron chi connectivity index (χ1n) is 6.52. The van der Waals surface area contributed by atoms with Gasteiger partial charge in [-0.15, -0.1) is 0 Å². The van der Waals surface area contributed by atoms with Crippen molar-refractivity contribution in [3.63, 3.8) is 0 Å². The Morgan fingerprint density at radius 2 is 2.29 bits per heavy atom. The fourth-order valence-corrected chi connectivity index (χ4v) is 3.17. The van der Waals surface area contributed by atoms with Crippen molar-refractivity contribution in [1.29, 1.82) is 5.26 Å². The van der Waals surface area contributed by atoms with E-state index in [-0.39, 0.29) is 0 Å². The maximum absolute atomic E-state index is 9.19. The number of hydrogen-bond donors (Lipinski definition) is 1.